The molecule has 116 valence electrons. The summed E-state index contributed by atoms with van der Waals surface area (Å²) in [6, 6.07) is 5.03. The van der Waals surface area contributed by atoms with Gasteiger partial charge < -0.3 is 5.11 Å². The molecule has 21 heavy (non-hydrogen) atoms. The normalized spacial score (nSPS) is 24.4. The molecule has 1 N–H and O–H groups in total. The van der Waals surface area contributed by atoms with Crippen molar-refractivity contribution in [2.75, 3.05) is 0 Å². The Morgan fingerprint density at radius 3 is 1.81 bits per heavy atom. The van der Waals surface area contributed by atoms with Crippen molar-refractivity contribution in [3.8, 4) is 0 Å². The molecule has 1 spiro atoms. The summed E-state index contributed by atoms with van der Waals surface area (Å²) in [4.78, 5) is 0. The summed E-state index contributed by atoms with van der Waals surface area (Å²) in [5.41, 5.74) is -0.572. The second kappa shape index (κ2) is 5.01. The van der Waals surface area contributed by atoms with Crippen molar-refractivity contribution in [1.82, 2.24) is 0 Å². The minimum Gasteiger partial charge on any atom is -0.385 e. The number of halogens is 3. The standard InChI is InChI=1S/C17H21F3O/c18-17(19,20)14-5-3-13(4-6-14)16(21)11-9-15(10-12-16)7-1-2-8-15/h3-6,21H,1-2,7-12H2. The van der Waals surface area contributed by atoms with Crippen LogP contribution in [0.4, 0.5) is 13.2 Å². The van der Waals surface area contributed by atoms with Gasteiger partial charge in [0.2, 0.25) is 0 Å². The number of alkyl halides is 3. The second-order valence-electron chi connectivity index (χ2n) is 6.81. The molecule has 1 aromatic carbocycles. The van der Waals surface area contributed by atoms with Gasteiger partial charge >= 0.3 is 6.18 Å². The highest BCUT2D eigenvalue weighted by Gasteiger charge is 2.44. The summed E-state index contributed by atoms with van der Waals surface area (Å²) in [5.74, 6) is 0. The molecule has 2 aliphatic rings. The van der Waals surface area contributed by atoms with Gasteiger partial charge in [-0.25, -0.2) is 0 Å². The van der Waals surface area contributed by atoms with Gasteiger partial charge in [0.05, 0.1) is 11.2 Å². The van der Waals surface area contributed by atoms with E-state index in [1.165, 1.54) is 37.8 Å². The maximum Gasteiger partial charge on any atom is 0.416 e. The average Bonchev–Trinajstić information content (AvgIpc) is 2.91. The van der Waals surface area contributed by atoms with Crippen molar-refractivity contribution in [3.05, 3.63) is 35.4 Å². The zero-order chi connectivity index (χ0) is 15.1. The summed E-state index contributed by atoms with van der Waals surface area (Å²) < 4.78 is 37.8. The molecule has 2 aliphatic carbocycles. The molecule has 4 heteroatoms. The maximum absolute atomic E-state index is 12.6. The third-order valence-corrected chi connectivity index (χ3v) is 5.55. The van der Waals surface area contributed by atoms with Crippen molar-refractivity contribution in [2.45, 2.75) is 63.1 Å². The lowest BCUT2D eigenvalue weighted by Gasteiger charge is -2.42. The van der Waals surface area contributed by atoms with E-state index in [1.807, 2.05) is 0 Å². The number of benzene rings is 1. The van der Waals surface area contributed by atoms with Crippen LogP contribution >= 0.6 is 0 Å². The Morgan fingerprint density at radius 1 is 0.810 bits per heavy atom. The molecular formula is C17H21F3O. The predicted octanol–water partition coefficient (Wildman–Crippen LogP) is 5.03. The van der Waals surface area contributed by atoms with E-state index in [4.69, 9.17) is 0 Å². The molecule has 3 rings (SSSR count). The molecule has 1 nitrogen and oxygen atoms in total. The smallest absolute Gasteiger partial charge is 0.385 e. The molecule has 0 bridgehead atoms. The zero-order valence-corrected chi connectivity index (χ0v) is 12.0. The van der Waals surface area contributed by atoms with Gasteiger partial charge in [0, 0.05) is 0 Å². The quantitative estimate of drug-likeness (QED) is 0.771. The van der Waals surface area contributed by atoms with Gasteiger partial charge in [0.25, 0.3) is 0 Å². The van der Waals surface area contributed by atoms with Crippen LogP contribution in [0.2, 0.25) is 0 Å². The monoisotopic (exact) mass is 298 g/mol. The summed E-state index contributed by atoms with van der Waals surface area (Å²) in [6.45, 7) is 0. The van der Waals surface area contributed by atoms with Crippen LogP contribution < -0.4 is 0 Å². The first kappa shape index (κ1) is 14.9. The van der Waals surface area contributed by atoms with E-state index in [0.717, 1.165) is 25.0 Å². The van der Waals surface area contributed by atoms with Crippen molar-refractivity contribution in [3.63, 3.8) is 0 Å². The molecule has 0 atom stereocenters. The number of aliphatic hydroxyl groups is 1. The van der Waals surface area contributed by atoms with Crippen molar-refractivity contribution < 1.29 is 18.3 Å². The number of rotatable bonds is 1. The van der Waals surface area contributed by atoms with E-state index in [1.54, 1.807) is 0 Å². The van der Waals surface area contributed by atoms with E-state index in [0.29, 0.717) is 23.8 Å². The van der Waals surface area contributed by atoms with Crippen LogP contribution in [0.25, 0.3) is 0 Å². The summed E-state index contributed by atoms with van der Waals surface area (Å²) in [6.07, 6.45) is 4.04. The van der Waals surface area contributed by atoms with E-state index in [9.17, 15) is 18.3 Å². The fourth-order valence-corrected chi connectivity index (χ4v) is 4.08. The van der Waals surface area contributed by atoms with E-state index in [-0.39, 0.29) is 0 Å². The largest absolute Gasteiger partial charge is 0.416 e. The van der Waals surface area contributed by atoms with Gasteiger partial charge in [-0.1, -0.05) is 25.0 Å². The lowest BCUT2D eigenvalue weighted by Crippen LogP contribution is -2.36. The Kier molecular flexibility index (Phi) is 3.55. The van der Waals surface area contributed by atoms with E-state index < -0.39 is 17.3 Å². The number of hydrogen-bond donors (Lipinski definition) is 1. The zero-order valence-electron chi connectivity index (χ0n) is 12.0. The van der Waals surface area contributed by atoms with Crippen molar-refractivity contribution in [1.29, 1.82) is 0 Å². The first-order chi connectivity index (χ1) is 9.83. The van der Waals surface area contributed by atoms with Gasteiger partial charge in [-0.05, 0) is 61.6 Å². The topological polar surface area (TPSA) is 20.2 Å². The van der Waals surface area contributed by atoms with Crippen LogP contribution in [0, 0.1) is 5.41 Å². The summed E-state index contributed by atoms with van der Waals surface area (Å²) >= 11 is 0. The van der Waals surface area contributed by atoms with Gasteiger partial charge in [-0.2, -0.15) is 13.2 Å². The SMILES string of the molecule is OC1(c2ccc(C(F)(F)F)cc2)CCC2(CCCC2)CC1. The molecule has 2 saturated carbocycles. The Hall–Kier alpha value is -1.03. The van der Waals surface area contributed by atoms with Gasteiger partial charge in [-0.3, -0.25) is 0 Å². The lowest BCUT2D eigenvalue weighted by atomic mass is 9.66. The molecule has 0 unspecified atom stereocenters. The van der Waals surface area contributed by atoms with Crippen molar-refractivity contribution in [2.24, 2.45) is 5.41 Å². The van der Waals surface area contributed by atoms with Gasteiger partial charge in [0.1, 0.15) is 0 Å². The minimum absolute atomic E-state index is 0.401. The van der Waals surface area contributed by atoms with Gasteiger partial charge in [0.15, 0.2) is 0 Å². The fourth-order valence-electron chi connectivity index (χ4n) is 4.08. The third-order valence-electron chi connectivity index (χ3n) is 5.55. The molecule has 0 aromatic heterocycles. The maximum atomic E-state index is 12.6. The lowest BCUT2D eigenvalue weighted by molar-refractivity contribution is -0.137. The highest BCUT2D eigenvalue weighted by atomic mass is 19.4. The molecule has 0 heterocycles. The van der Waals surface area contributed by atoms with E-state index >= 15 is 0 Å². The Morgan fingerprint density at radius 2 is 1.33 bits per heavy atom. The molecule has 2 fully saturated rings. The van der Waals surface area contributed by atoms with Crippen LogP contribution in [0.1, 0.15) is 62.5 Å². The predicted molar refractivity (Wildman–Crippen MR) is 74.7 cm³/mol. The summed E-state index contributed by atoms with van der Waals surface area (Å²) in [7, 11) is 0. The summed E-state index contributed by atoms with van der Waals surface area (Å²) in [5, 5.41) is 10.8. The Balaban J connectivity index is 1.74. The average molecular weight is 298 g/mol. The van der Waals surface area contributed by atoms with Crippen LogP contribution in [0.3, 0.4) is 0 Å². The van der Waals surface area contributed by atoms with Crippen LogP contribution in [0.15, 0.2) is 24.3 Å². The van der Waals surface area contributed by atoms with E-state index in [2.05, 4.69) is 0 Å². The first-order valence-corrected chi connectivity index (χ1v) is 7.73. The van der Waals surface area contributed by atoms with Crippen LogP contribution in [-0.4, -0.2) is 5.11 Å². The Bertz CT molecular complexity index is 488. The molecule has 0 aliphatic heterocycles. The minimum atomic E-state index is -4.32. The second-order valence-corrected chi connectivity index (χ2v) is 6.81. The highest BCUT2D eigenvalue weighted by molar-refractivity contribution is 5.29. The van der Waals surface area contributed by atoms with Crippen molar-refractivity contribution >= 4 is 0 Å². The molecule has 1 aromatic rings. The number of hydrogen-bond acceptors (Lipinski definition) is 1. The van der Waals surface area contributed by atoms with Gasteiger partial charge in [-0.15, -0.1) is 0 Å². The van der Waals surface area contributed by atoms with Crippen LogP contribution in [0.5, 0.6) is 0 Å². The fraction of sp³-hybridized carbons (Fsp3) is 0.647. The highest BCUT2D eigenvalue weighted by Crippen LogP contribution is 2.53. The molecular weight excluding hydrogens is 277 g/mol. The molecule has 0 radical (unpaired) electrons. The molecule has 0 saturated heterocycles. The third kappa shape index (κ3) is 2.83. The molecule has 0 amide bonds. The first-order valence-electron chi connectivity index (χ1n) is 7.73. The van der Waals surface area contributed by atoms with Crippen LogP contribution in [-0.2, 0) is 11.8 Å². The Labute approximate surface area is 123 Å².